The van der Waals surface area contributed by atoms with Crippen LogP contribution in [-0.4, -0.2) is 60.9 Å². The number of esters is 1. The Balaban J connectivity index is 1.96. The topological polar surface area (TPSA) is 88.5 Å². The maximum Gasteiger partial charge on any atom is 0.436 e. The Bertz CT molecular complexity index is 1120. The van der Waals surface area contributed by atoms with Gasteiger partial charge in [-0.05, 0) is 32.0 Å². The minimum Gasteiger partial charge on any atom is -0.465 e. The number of piperazine rings is 1. The molecule has 198 valence electrons. The second-order valence-electron chi connectivity index (χ2n) is 8.34. The number of benzene rings is 1. The molecule has 0 bridgehead atoms. The number of anilines is 2. The molecule has 1 aliphatic rings. The number of halogens is 6. The van der Waals surface area contributed by atoms with E-state index in [1.165, 1.54) is 12.1 Å². The minimum absolute atomic E-state index is 0.0449. The predicted molar refractivity (Wildman–Crippen MR) is 123 cm³/mol. The van der Waals surface area contributed by atoms with Crippen LogP contribution in [0.2, 0.25) is 5.02 Å². The van der Waals surface area contributed by atoms with Crippen LogP contribution in [0.3, 0.4) is 0 Å². The van der Waals surface area contributed by atoms with E-state index in [1.807, 2.05) is 11.8 Å². The van der Waals surface area contributed by atoms with Crippen molar-refractivity contribution in [2.75, 3.05) is 37.0 Å². The van der Waals surface area contributed by atoms with Gasteiger partial charge in [0.05, 0.1) is 29.1 Å². The van der Waals surface area contributed by atoms with Crippen LogP contribution in [0, 0.1) is 6.92 Å². The van der Waals surface area contributed by atoms with Crippen molar-refractivity contribution < 1.29 is 36.3 Å². The Morgan fingerprint density at radius 2 is 2.03 bits per heavy atom. The zero-order valence-electron chi connectivity index (χ0n) is 19.6. The number of amides is 1. The van der Waals surface area contributed by atoms with Crippen LogP contribution in [0.1, 0.15) is 41.1 Å². The molecule has 2 heterocycles. The molecule has 14 heteroatoms. The highest BCUT2D eigenvalue weighted by molar-refractivity contribution is 6.32. The Kier molecular flexibility index (Phi) is 8.44. The van der Waals surface area contributed by atoms with Crippen molar-refractivity contribution in [3.05, 3.63) is 40.2 Å². The third-order valence-electron chi connectivity index (χ3n) is 5.75. The SMILES string of the molecule is COC(=O)c1cc(N2CCN[C@@H](C)C2)ccc1NC(=O)[C@H](CC(F)F)n1nc(C(F)(F)F)c(Cl)c1C. The largest absolute Gasteiger partial charge is 0.465 e. The van der Waals surface area contributed by atoms with Gasteiger partial charge in [-0.15, -0.1) is 0 Å². The minimum atomic E-state index is -4.95. The fourth-order valence-electron chi connectivity index (χ4n) is 3.97. The van der Waals surface area contributed by atoms with E-state index in [0.29, 0.717) is 30.0 Å². The summed E-state index contributed by atoms with van der Waals surface area (Å²) in [7, 11) is 1.14. The molecule has 1 fully saturated rings. The third kappa shape index (κ3) is 6.06. The molecule has 1 aromatic heterocycles. The average Bonchev–Trinajstić information content (AvgIpc) is 3.11. The van der Waals surface area contributed by atoms with Gasteiger partial charge in [-0.3, -0.25) is 9.48 Å². The first kappa shape index (κ1) is 27.7. The first-order chi connectivity index (χ1) is 16.8. The Labute approximate surface area is 208 Å². The molecule has 36 heavy (non-hydrogen) atoms. The fraction of sp³-hybridized carbons (Fsp3) is 0.500. The van der Waals surface area contributed by atoms with Crippen LogP contribution in [0.15, 0.2) is 18.2 Å². The number of aromatic nitrogens is 2. The molecule has 0 aliphatic carbocycles. The smallest absolute Gasteiger partial charge is 0.436 e. The molecule has 2 aromatic rings. The summed E-state index contributed by atoms with van der Waals surface area (Å²) in [6, 6.07) is 2.91. The summed E-state index contributed by atoms with van der Waals surface area (Å²) in [6.07, 6.45) is -9.13. The summed E-state index contributed by atoms with van der Waals surface area (Å²) in [6.45, 7) is 5.17. The summed E-state index contributed by atoms with van der Waals surface area (Å²) in [5.74, 6) is -1.89. The van der Waals surface area contributed by atoms with Crippen molar-refractivity contribution in [1.82, 2.24) is 15.1 Å². The van der Waals surface area contributed by atoms with Gasteiger partial charge in [0.15, 0.2) is 5.69 Å². The normalized spacial score (nSPS) is 17.3. The zero-order chi connectivity index (χ0) is 26.8. The second-order valence-corrected chi connectivity index (χ2v) is 8.72. The summed E-state index contributed by atoms with van der Waals surface area (Å²) in [5.41, 5.74) is -1.21. The van der Waals surface area contributed by atoms with Gasteiger partial charge >= 0.3 is 12.1 Å². The van der Waals surface area contributed by atoms with Crippen molar-refractivity contribution in [2.24, 2.45) is 0 Å². The molecular formula is C22H25ClF5N5O3. The molecule has 0 unspecified atom stereocenters. The van der Waals surface area contributed by atoms with Crippen LogP contribution in [-0.2, 0) is 15.7 Å². The number of hydrogen-bond acceptors (Lipinski definition) is 6. The molecule has 0 spiro atoms. The molecule has 1 aliphatic heterocycles. The van der Waals surface area contributed by atoms with Gasteiger partial charge in [-0.2, -0.15) is 18.3 Å². The number of rotatable bonds is 7. The molecule has 0 radical (unpaired) electrons. The molecule has 1 aromatic carbocycles. The lowest BCUT2D eigenvalue weighted by atomic mass is 10.1. The zero-order valence-corrected chi connectivity index (χ0v) is 20.4. The van der Waals surface area contributed by atoms with Gasteiger partial charge in [-0.25, -0.2) is 13.6 Å². The van der Waals surface area contributed by atoms with E-state index in [9.17, 15) is 31.5 Å². The molecule has 0 saturated carbocycles. The van der Waals surface area contributed by atoms with Crippen LogP contribution in [0.5, 0.6) is 0 Å². The van der Waals surface area contributed by atoms with Gasteiger partial charge in [-0.1, -0.05) is 11.6 Å². The Morgan fingerprint density at radius 1 is 1.33 bits per heavy atom. The van der Waals surface area contributed by atoms with Crippen LogP contribution < -0.4 is 15.5 Å². The quantitative estimate of drug-likeness (QED) is 0.405. The molecule has 2 N–H and O–H groups in total. The number of nitrogens with zero attached hydrogens (tertiary/aromatic N) is 3. The Morgan fingerprint density at radius 3 is 2.58 bits per heavy atom. The first-order valence-electron chi connectivity index (χ1n) is 10.9. The van der Waals surface area contributed by atoms with Crippen molar-refractivity contribution >= 4 is 34.9 Å². The highest BCUT2D eigenvalue weighted by Crippen LogP contribution is 2.37. The van der Waals surface area contributed by atoms with E-state index < -0.39 is 47.7 Å². The van der Waals surface area contributed by atoms with E-state index in [0.717, 1.165) is 14.0 Å². The summed E-state index contributed by atoms with van der Waals surface area (Å²) >= 11 is 5.74. The Hall–Kier alpha value is -2.93. The lowest BCUT2D eigenvalue weighted by molar-refractivity contribution is -0.141. The summed E-state index contributed by atoms with van der Waals surface area (Å²) in [5, 5.41) is 8.19. The van der Waals surface area contributed by atoms with E-state index in [-0.39, 0.29) is 23.0 Å². The van der Waals surface area contributed by atoms with Crippen molar-refractivity contribution in [2.45, 2.75) is 45.0 Å². The molecule has 3 rings (SSSR count). The standard InChI is InChI=1S/C22H25ClF5N5O3/c1-11-10-32(7-6-29-11)13-4-5-15(14(8-13)21(35)36-3)30-20(34)16(9-17(24)25)33-12(2)18(23)19(31-33)22(26,27)28/h4-5,8,11,16-17,29H,6-7,9-10H2,1-3H3,(H,30,34)/t11-,16-/m0/s1. The summed E-state index contributed by atoms with van der Waals surface area (Å²) < 4.78 is 71.7. The van der Waals surface area contributed by atoms with Crippen LogP contribution in [0.25, 0.3) is 0 Å². The maximum atomic E-state index is 13.3. The van der Waals surface area contributed by atoms with Crippen LogP contribution >= 0.6 is 11.6 Å². The fourth-order valence-corrected chi connectivity index (χ4v) is 4.20. The number of alkyl halides is 5. The van der Waals surface area contributed by atoms with Gasteiger partial charge < -0.3 is 20.3 Å². The first-order valence-corrected chi connectivity index (χ1v) is 11.3. The number of nitrogens with one attached hydrogen (secondary N) is 2. The van der Waals surface area contributed by atoms with E-state index in [1.54, 1.807) is 6.07 Å². The van der Waals surface area contributed by atoms with Gasteiger partial charge in [0, 0.05) is 37.8 Å². The monoisotopic (exact) mass is 537 g/mol. The molecule has 2 atom stereocenters. The number of ether oxygens (including phenoxy) is 1. The molecule has 1 saturated heterocycles. The third-order valence-corrected chi connectivity index (χ3v) is 6.20. The van der Waals surface area contributed by atoms with Gasteiger partial charge in [0.2, 0.25) is 12.3 Å². The van der Waals surface area contributed by atoms with Crippen molar-refractivity contribution in [3.8, 4) is 0 Å². The van der Waals surface area contributed by atoms with Gasteiger partial charge in [0.25, 0.3) is 0 Å². The number of hydrogen-bond donors (Lipinski definition) is 2. The van der Waals surface area contributed by atoms with Gasteiger partial charge in [0.1, 0.15) is 6.04 Å². The number of methoxy groups -OCH3 is 1. The number of carbonyl (C=O) groups is 2. The van der Waals surface area contributed by atoms with E-state index >= 15 is 0 Å². The van der Waals surface area contributed by atoms with Crippen LogP contribution in [0.4, 0.5) is 33.3 Å². The maximum absolute atomic E-state index is 13.3. The molecule has 1 amide bonds. The molecular weight excluding hydrogens is 513 g/mol. The predicted octanol–water partition coefficient (Wildman–Crippen LogP) is 4.28. The molecule has 8 nitrogen and oxygen atoms in total. The average molecular weight is 538 g/mol. The second kappa shape index (κ2) is 11.0. The lowest BCUT2D eigenvalue weighted by Crippen LogP contribution is -2.49. The van der Waals surface area contributed by atoms with E-state index in [4.69, 9.17) is 16.3 Å². The highest BCUT2D eigenvalue weighted by Gasteiger charge is 2.40. The number of carbonyl (C=O) groups excluding carboxylic acids is 2. The lowest BCUT2D eigenvalue weighted by Gasteiger charge is -2.34. The summed E-state index contributed by atoms with van der Waals surface area (Å²) in [4.78, 5) is 27.5. The van der Waals surface area contributed by atoms with Crippen molar-refractivity contribution in [1.29, 1.82) is 0 Å². The van der Waals surface area contributed by atoms with Crippen molar-refractivity contribution in [3.63, 3.8) is 0 Å². The highest BCUT2D eigenvalue weighted by atomic mass is 35.5. The van der Waals surface area contributed by atoms with E-state index in [2.05, 4.69) is 15.7 Å².